The van der Waals surface area contributed by atoms with Gasteiger partial charge in [-0.3, -0.25) is 4.79 Å². The molecule has 0 aromatic heterocycles. The second-order valence-corrected chi connectivity index (χ2v) is 5.46. The number of carboxylic acid groups (broad SMARTS) is 1. The molecule has 2 amide bonds. The molecule has 1 aliphatic heterocycles. The number of hydrogen-bond donors (Lipinski definition) is 2. The van der Waals surface area contributed by atoms with Crippen LogP contribution in [0.4, 0.5) is 10.5 Å². The Bertz CT molecular complexity index is 494. The quantitative estimate of drug-likeness (QED) is 0.898. The van der Waals surface area contributed by atoms with E-state index in [1.54, 1.807) is 24.3 Å². The lowest BCUT2D eigenvalue weighted by Crippen LogP contribution is -2.37. The molecular formula is C16H22N2O3. The molecule has 0 spiro atoms. The van der Waals surface area contributed by atoms with E-state index in [-0.39, 0.29) is 12.5 Å². The number of amides is 2. The second kappa shape index (κ2) is 7.67. The van der Waals surface area contributed by atoms with E-state index in [0.29, 0.717) is 11.3 Å². The van der Waals surface area contributed by atoms with Crippen LogP contribution in [0.1, 0.15) is 37.7 Å². The van der Waals surface area contributed by atoms with Gasteiger partial charge in [-0.15, -0.1) is 0 Å². The highest BCUT2D eigenvalue weighted by atomic mass is 16.4. The molecule has 1 saturated heterocycles. The number of benzene rings is 1. The van der Waals surface area contributed by atoms with Crippen molar-refractivity contribution in [1.29, 1.82) is 0 Å². The number of carboxylic acids is 1. The minimum Gasteiger partial charge on any atom is -0.481 e. The first-order valence-corrected chi connectivity index (χ1v) is 7.52. The molecule has 1 fully saturated rings. The van der Waals surface area contributed by atoms with Crippen molar-refractivity contribution in [3.8, 4) is 0 Å². The zero-order valence-corrected chi connectivity index (χ0v) is 12.2. The molecule has 2 N–H and O–H groups in total. The molecule has 1 heterocycles. The Morgan fingerprint density at radius 1 is 1.10 bits per heavy atom. The molecule has 0 saturated carbocycles. The van der Waals surface area contributed by atoms with Crippen molar-refractivity contribution in [3.63, 3.8) is 0 Å². The highest BCUT2D eigenvalue weighted by molar-refractivity contribution is 5.89. The van der Waals surface area contributed by atoms with E-state index in [2.05, 4.69) is 5.32 Å². The number of urea groups is 1. The van der Waals surface area contributed by atoms with Crippen LogP contribution in [-0.2, 0) is 11.2 Å². The van der Waals surface area contributed by atoms with Crippen LogP contribution >= 0.6 is 0 Å². The fraction of sp³-hybridized carbons (Fsp3) is 0.500. The largest absolute Gasteiger partial charge is 0.481 e. The van der Waals surface area contributed by atoms with Gasteiger partial charge in [0.2, 0.25) is 0 Å². The van der Waals surface area contributed by atoms with Gasteiger partial charge in [0, 0.05) is 18.8 Å². The summed E-state index contributed by atoms with van der Waals surface area (Å²) in [5.74, 6) is -0.873. The summed E-state index contributed by atoms with van der Waals surface area (Å²) in [5, 5.41) is 11.7. The van der Waals surface area contributed by atoms with Crippen LogP contribution in [0.15, 0.2) is 24.3 Å². The van der Waals surface area contributed by atoms with Crippen molar-refractivity contribution in [1.82, 2.24) is 4.90 Å². The number of aliphatic carboxylic acids is 1. The summed E-state index contributed by atoms with van der Waals surface area (Å²) in [6.07, 6.45) is 5.68. The highest BCUT2D eigenvalue weighted by Gasteiger charge is 2.14. The SMILES string of the molecule is O=C(O)Cc1cccc(NC(=O)N2CCCCCCC2)c1. The Morgan fingerprint density at radius 3 is 2.43 bits per heavy atom. The predicted octanol–water partition coefficient (Wildman–Crippen LogP) is 3.11. The van der Waals surface area contributed by atoms with Gasteiger partial charge in [-0.1, -0.05) is 31.4 Å². The van der Waals surface area contributed by atoms with Crippen molar-refractivity contribution in [3.05, 3.63) is 29.8 Å². The van der Waals surface area contributed by atoms with E-state index in [9.17, 15) is 9.59 Å². The fourth-order valence-corrected chi connectivity index (χ4v) is 2.59. The molecule has 0 unspecified atom stereocenters. The van der Waals surface area contributed by atoms with E-state index < -0.39 is 5.97 Å². The maximum absolute atomic E-state index is 12.3. The second-order valence-electron chi connectivity index (χ2n) is 5.46. The van der Waals surface area contributed by atoms with Gasteiger partial charge in [-0.25, -0.2) is 4.79 Å². The molecule has 0 atom stereocenters. The number of likely N-dealkylation sites (tertiary alicyclic amines) is 1. The first kappa shape index (κ1) is 15.4. The average molecular weight is 290 g/mol. The molecule has 21 heavy (non-hydrogen) atoms. The molecule has 0 radical (unpaired) electrons. The van der Waals surface area contributed by atoms with Crippen LogP contribution in [0, 0.1) is 0 Å². The fourth-order valence-electron chi connectivity index (χ4n) is 2.59. The number of nitrogens with one attached hydrogen (secondary N) is 1. The number of rotatable bonds is 3. The predicted molar refractivity (Wildman–Crippen MR) is 81.5 cm³/mol. The van der Waals surface area contributed by atoms with E-state index >= 15 is 0 Å². The molecule has 1 aliphatic rings. The van der Waals surface area contributed by atoms with Gasteiger partial charge in [0.05, 0.1) is 6.42 Å². The minimum absolute atomic E-state index is 0.0343. The Hall–Kier alpha value is -2.04. The van der Waals surface area contributed by atoms with Crippen LogP contribution < -0.4 is 5.32 Å². The van der Waals surface area contributed by atoms with Gasteiger partial charge in [-0.2, -0.15) is 0 Å². The molecule has 0 aliphatic carbocycles. The first-order valence-electron chi connectivity index (χ1n) is 7.52. The first-order chi connectivity index (χ1) is 10.1. The Morgan fingerprint density at radius 2 is 1.76 bits per heavy atom. The number of anilines is 1. The van der Waals surface area contributed by atoms with Crippen molar-refractivity contribution in [2.45, 2.75) is 38.5 Å². The zero-order valence-electron chi connectivity index (χ0n) is 12.2. The van der Waals surface area contributed by atoms with Gasteiger partial charge in [0.15, 0.2) is 0 Å². The molecule has 5 nitrogen and oxygen atoms in total. The van der Waals surface area contributed by atoms with E-state index in [1.807, 2.05) is 4.90 Å². The van der Waals surface area contributed by atoms with Gasteiger partial charge >= 0.3 is 12.0 Å². The summed E-state index contributed by atoms with van der Waals surface area (Å²) in [6.45, 7) is 1.58. The van der Waals surface area contributed by atoms with Crippen LogP contribution in [0.25, 0.3) is 0 Å². The third-order valence-corrected chi connectivity index (χ3v) is 3.68. The summed E-state index contributed by atoms with van der Waals surface area (Å²) in [4.78, 5) is 24.8. The number of carbonyl (C=O) groups excluding carboxylic acids is 1. The van der Waals surface area contributed by atoms with Crippen molar-refractivity contribution in [2.75, 3.05) is 18.4 Å². The molecule has 5 heteroatoms. The summed E-state index contributed by atoms with van der Waals surface area (Å²) in [7, 11) is 0. The molecule has 1 aromatic rings. The van der Waals surface area contributed by atoms with E-state index in [4.69, 9.17) is 5.11 Å². The van der Waals surface area contributed by atoms with Crippen LogP contribution in [-0.4, -0.2) is 35.1 Å². The molecule has 114 valence electrons. The molecule has 0 bridgehead atoms. The lowest BCUT2D eigenvalue weighted by Gasteiger charge is -2.25. The maximum atomic E-state index is 12.3. The van der Waals surface area contributed by atoms with E-state index in [0.717, 1.165) is 25.9 Å². The summed E-state index contributed by atoms with van der Waals surface area (Å²) >= 11 is 0. The van der Waals surface area contributed by atoms with Gasteiger partial charge in [-0.05, 0) is 30.5 Å². The van der Waals surface area contributed by atoms with Crippen molar-refractivity contribution >= 4 is 17.7 Å². The van der Waals surface area contributed by atoms with Crippen LogP contribution in [0.2, 0.25) is 0 Å². The molecule has 1 aromatic carbocycles. The van der Waals surface area contributed by atoms with Crippen LogP contribution in [0.5, 0.6) is 0 Å². The standard InChI is InChI=1S/C16H22N2O3/c19-15(20)12-13-7-6-8-14(11-13)17-16(21)18-9-4-2-1-3-5-10-18/h6-8,11H,1-5,9-10,12H2,(H,17,21)(H,19,20). The molecular weight excluding hydrogens is 268 g/mol. The lowest BCUT2D eigenvalue weighted by atomic mass is 10.1. The maximum Gasteiger partial charge on any atom is 0.321 e. The Kier molecular flexibility index (Phi) is 5.60. The van der Waals surface area contributed by atoms with Crippen LogP contribution in [0.3, 0.4) is 0 Å². The molecule has 2 rings (SSSR count). The van der Waals surface area contributed by atoms with Gasteiger partial charge < -0.3 is 15.3 Å². The van der Waals surface area contributed by atoms with Crippen molar-refractivity contribution < 1.29 is 14.7 Å². The lowest BCUT2D eigenvalue weighted by molar-refractivity contribution is -0.136. The Balaban J connectivity index is 1.96. The summed E-state index contributed by atoms with van der Waals surface area (Å²) in [6, 6.07) is 6.93. The minimum atomic E-state index is -0.873. The van der Waals surface area contributed by atoms with Gasteiger partial charge in [0.1, 0.15) is 0 Å². The monoisotopic (exact) mass is 290 g/mol. The summed E-state index contributed by atoms with van der Waals surface area (Å²) in [5.41, 5.74) is 1.34. The normalized spacial score (nSPS) is 15.9. The number of nitrogens with zero attached hydrogens (tertiary/aromatic N) is 1. The third kappa shape index (κ3) is 5.10. The Labute approximate surface area is 125 Å². The zero-order chi connectivity index (χ0) is 15.1. The smallest absolute Gasteiger partial charge is 0.321 e. The topological polar surface area (TPSA) is 69.6 Å². The number of carbonyl (C=O) groups is 2. The third-order valence-electron chi connectivity index (χ3n) is 3.68. The van der Waals surface area contributed by atoms with Gasteiger partial charge in [0.25, 0.3) is 0 Å². The van der Waals surface area contributed by atoms with Crippen molar-refractivity contribution in [2.24, 2.45) is 0 Å². The number of hydrogen-bond acceptors (Lipinski definition) is 2. The summed E-state index contributed by atoms with van der Waals surface area (Å²) < 4.78 is 0. The van der Waals surface area contributed by atoms with E-state index in [1.165, 1.54) is 19.3 Å². The average Bonchev–Trinajstić information content (AvgIpc) is 2.37. The highest BCUT2D eigenvalue weighted by Crippen LogP contribution is 2.14.